The van der Waals surface area contributed by atoms with Crippen LogP contribution < -0.4 is 30.0 Å². The molecule has 0 saturated carbocycles. The van der Waals surface area contributed by atoms with Crippen LogP contribution in [0.15, 0.2) is 113 Å². The van der Waals surface area contributed by atoms with Gasteiger partial charge in [-0.05, 0) is 108 Å². The number of rotatable bonds is 21. The molecule has 0 aliphatic rings. The number of hydrogen-bond donors (Lipinski definition) is 4. The molecular weight excluding hydrogens is 981 g/mol. The minimum Gasteiger partial charge on any atom is -0.497 e. The predicted octanol–water partition coefficient (Wildman–Crippen LogP) is 6.65. The van der Waals surface area contributed by atoms with Gasteiger partial charge in [-0.3, -0.25) is 0 Å². The van der Waals surface area contributed by atoms with Gasteiger partial charge < -0.3 is 40.0 Å². The van der Waals surface area contributed by atoms with Crippen LogP contribution >= 0.6 is 0 Å². The fraction of sp³-hybridized carbons (Fsp3) is 0.360. The third-order valence-corrected chi connectivity index (χ3v) is 14.9. The average Bonchev–Trinajstić information content (AvgIpc) is 3.80. The highest BCUT2D eigenvalue weighted by Gasteiger charge is 2.38. The Morgan fingerprint density at radius 3 is 1.79 bits per heavy atom. The van der Waals surface area contributed by atoms with Gasteiger partial charge >= 0.3 is 12.2 Å². The van der Waals surface area contributed by atoms with Crippen molar-refractivity contribution in [1.29, 1.82) is 0 Å². The van der Waals surface area contributed by atoms with Crippen LogP contribution in [0.4, 0.5) is 15.4 Å². The Morgan fingerprint density at radius 1 is 0.767 bits per heavy atom. The molecule has 6 aromatic rings. The van der Waals surface area contributed by atoms with E-state index in [0.29, 0.717) is 33.9 Å². The molecule has 2 aromatic heterocycles. The maximum atomic E-state index is 16.0. The van der Waals surface area contributed by atoms with E-state index < -0.39 is 72.2 Å². The SMILES string of the molecule is COc1ccc(CN(Cc2ccc(OC)cc2)S(=O)(=O)c2c(S(=O)(=O)NCCN(CC(NC(=O)OC(C)(C)C)C(C)(C)C)C(=O)O)ccc(-c3ccc(N)nc3)c2-c2nnn(Cc3ccc(OC)cc3)n2)cc1. The van der Waals surface area contributed by atoms with Gasteiger partial charge in [0.1, 0.15) is 38.5 Å². The van der Waals surface area contributed by atoms with Crippen molar-refractivity contribution in [3.8, 4) is 39.8 Å². The third-order valence-electron chi connectivity index (χ3n) is 11.4. The third kappa shape index (κ3) is 14.4. The number of carboxylic acid groups (broad SMARTS) is 1. The maximum Gasteiger partial charge on any atom is 0.407 e. The normalized spacial score (nSPS) is 12.5. The molecule has 1 unspecified atom stereocenters. The highest BCUT2D eigenvalue weighted by atomic mass is 32.2. The number of ether oxygens (including phenoxy) is 4. The number of hydrogen-bond acceptors (Lipinski definition) is 15. The predicted molar refractivity (Wildman–Crippen MR) is 273 cm³/mol. The first-order valence-electron chi connectivity index (χ1n) is 22.9. The summed E-state index contributed by atoms with van der Waals surface area (Å²) >= 11 is 0. The summed E-state index contributed by atoms with van der Waals surface area (Å²) in [6.45, 7) is 8.89. The van der Waals surface area contributed by atoms with Crippen molar-refractivity contribution in [3.63, 3.8) is 0 Å². The van der Waals surface area contributed by atoms with Gasteiger partial charge in [-0.2, -0.15) is 9.10 Å². The van der Waals surface area contributed by atoms with Gasteiger partial charge in [0.15, 0.2) is 0 Å². The quantitative estimate of drug-likeness (QED) is 0.0588. The zero-order valence-corrected chi connectivity index (χ0v) is 43.8. The number of alkyl carbamates (subject to hydrolysis) is 1. The molecule has 21 nitrogen and oxygen atoms in total. The van der Waals surface area contributed by atoms with Crippen LogP contribution in [0.2, 0.25) is 0 Å². The second kappa shape index (κ2) is 23.0. The molecule has 0 spiro atoms. The molecule has 2 heterocycles. The fourth-order valence-corrected chi connectivity index (χ4v) is 10.9. The minimum absolute atomic E-state index is 0.0852. The molecule has 2 amide bonds. The van der Waals surface area contributed by atoms with Gasteiger partial charge in [0.25, 0.3) is 0 Å². The molecule has 0 radical (unpaired) electrons. The van der Waals surface area contributed by atoms with Crippen LogP contribution in [0.1, 0.15) is 58.2 Å². The minimum atomic E-state index is -5.01. The first-order valence-corrected chi connectivity index (χ1v) is 25.9. The molecule has 0 saturated heterocycles. The number of anilines is 1. The molecule has 0 bridgehead atoms. The number of nitrogens with two attached hydrogens (primary N) is 1. The van der Waals surface area contributed by atoms with E-state index in [1.54, 1.807) is 128 Å². The molecule has 390 valence electrons. The van der Waals surface area contributed by atoms with Crippen molar-refractivity contribution in [2.24, 2.45) is 5.41 Å². The van der Waals surface area contributed by atoms with E-state index in [1.165, 1.54) is 37.3 Å². The number of benzene rings is 4. The summed E-state index contributed by atoms with van der Waals surface area (Å²) in [6, 6.07) is 25.5. The molecular formula is C50H62N10O11S2. The Balaban J connectivity index is 1.52. The van der Waals surface area contributed by atoms with Crippen LogP contribution in [0.3, 0.4) is 0 Å². The number of aromatic nitrogens is 5. The molecule has 0 fully saturated rings. The van der Waals surface area contributed by atoms with Crippen LogP contribution in [-0.2, 0) is 44.4 Å². The Hall–Kier alpha value is -7.34. The van der Waals surface area contributed by atoms with Gasteiger partial charge in [-0.1, -0.05) is 63.2 Å². The number of nitrogens with one attached hydrogen (secondary N) is 2. The first kappa shape index (κ1) is 55.0. The zero-order chi connectivity index (χ0) is 53.3. The second-order valence-corrected chi connectivity index (χ2v) is 22.5. The Labute approximate surface area is 425 Å². The highest BCUT2D eigenvalue weighted by molar-refractivity contribution is 7.92. The van der Waals surface area contributed by atoms with Crippen LogP contribution in [0.5, 0.6) is 17.2 Å². The first-order chi connectivity index (χ1) is 34.4. The van der Waals surface area contributed by atoms with Gasteiger partial charge in [0, 0.05) is 44.5 Å². The van der Waals surface area contributed by atoms with Crippen LogP contribution in [0.25, 0.3) is 22.5 Å². The summed E-state index contributed by atoms with van der Waals surface area (Å²) in [7, 11) is -5.36. The molecule has 6 rings (SSSR count). The van der Waals surface area contributed by atoms with E-state index >= 15 is 16.8 Å². The van der Waals surface area contributed by atoms with Crippen molar-refractivity contribution in [2.75, 3.05) is 46.7 Å². The van der Waals surface area contributed by atoms with Gasteiger partial charge in [0.05, 0.1) is 39.5 Å². The summed E-state index contributed by atoms with van der Waals surface area (Å²) in [5.74, 6) is 1.59. The van der Waals surface area contributed by atoms with Crippen molar-refractivity contribution in [2.45, 2.75) is 82.6 Å². The lowest BCUT2D eigenvalue weighted by Crippen LogP contribution is -2.53. The molecule has 1 atom stereocenters. The smallest absolute Gasteiger partial charge is 0.407 e. The summed E-state index contributed by atoms with van der Waals surface area (Å²) in [5.41, 5.74) is 6.59. The molecule has 5 N–H and O–H groups in total. The Morgan fingerprint density at radius 2 is 1.32 bits per heavy atom. The summed E-state index contributed by atoms with van der Waals surface area (Å²) < 4.78 is 87.1. The number of pyridine rings is 1. The molecule has 4 aromatic carbocycles. The van der Waals surface area contributed by atoms with Crippen molar-refractivity contribution in [3.05, 3.63) is 120 Å². The lowest BCUT2D eigenvalue weighted by molar-refractivity contribution is 0.0435. The van der Waals surface area contributed by atoms with E-state index in [9.17, 15) is 14.7 Å². The molecule has 0 aliphatic heterocycles. The molecule has 0 aliphatic carbocycles. The number of carbonyl (C=O) groups is 2. The van der Waals surface area contributed by atoms with E-state index in [2.05, 4.69) is 30.4 Å². The largest absolute Gasteiger partial charge is 0.497 e. The lowest BCUT2D eigenvalue weighted by atomic mass is 9.86. The van der Waals surface area contributed by atoms with Gasteiger partial charge in [0.2, 0.25) is 25.9 Å². The van der Waals surface area contributed by atoms with E-state index in [4.69, 9.17) is 24.7 Å². The second-order valence-electron chi connectivity index (χ2n) is 18.9. The number of amides is 2. The summed E-state index contributed by atoms with van der Waals surface area (Å²) in [6.07, 6.45) is -0.749. The number of nitrogens with zero attached hydrogens (tertiary/aromatic N) is 7. The topological polar surface area (TPSA) is 273 Å². The van der Waals surface area contributed by atoms with Crippen LogP contribution in [0, 0.1) is 5.41 Å². The van der Waals surface area contributed by atoms with E-state index in [0.717, 1.165) is 20.8 Å². The molecule has 23 heteroatoms. The van der Waals surface area contributed by atoms with Crippen molar-refractivity contribution >= 4 is 38.1 Å². The Kier molecular flexibility index (Phi) is 17.3. The standard InChI is InChI=1S/C50H62N10O11S2/c1-49(2,3)42(54-47(61)71-50(4,5)6)32-58(48(62)63)27-26-53-72(64,65)41-24-23-40(36-16-25-43(51)52-28-36)44(46-55-57-60(56-46)31-35-14-21-39(70-9)22-15-35)45(41)73(66,67)59(29-33-10-17-37(68-7)18-11-33)30-34-12-19-38(69-8)20-13-34/h10-25,28,42,53H,26-27,29-32H2,1-9H3,(H2,51,52)(H,54,61)(H,62,63). The summed E-state index contributed by atoms with van der Waals surface area (Å²) in [5, 5.41) is 26.4. The average molecular weight is 1040 g/mol. The number of methoxy groups -OCH3 is 3. The summed E-state index contributed by atoms with van der Waals surface area (Å²) in [4.78, 5) is 30.7. The highest BCUT2D eigenvalue weighted by Crippen LogP contribution is 2.41. The number of nitrogen functional groups attached to an aromatic ring is 1. The van der Waals surface area contributed by atoms with E-state index in [-0.39, 0.29) is 48.9 Å². The number of sulfonamides is 2. The van der Waals surface area contributed by atoms with Gasteiger partial charge in [-0.25, -0.2) is 36.1 Å². The number of carbonyl (C=O) groups excluding carboxylic acids is 1. The monoisotopic (exact) mass is 1040 g/mol. The fourth-order valence-electron chi connectivity index (χ4n) is 7.45. The lowest BCUT2D eigenvalue weighted by Gasteiger charge is -2.35. The Bertz CT molecular complexity index is 3020. The molecule has 73 heavy (non-hydrogen) atoms. The maximum absolute atomic E-state index is 16.0. The zero-order valence-electron chi connectivity index (χ0n) is 42.2. The van der Waals surface area contributed by atoms with Gasteiger partial charge in [-0.15, -0.1) is 10.2 Å². The number of tetrazole rings is 1. The van der Waals surface area contributed by atoms with Crippen molar-refractivity contribution in [1.82, 2.24) is 44.4 Å². The van der Waals surface area contributed by atoms with E-state index in [1.807, 2.05) is 0 Å². The van der Waals surface area contributed by atoms with Crippen molar-refractivity contribution < 1.29 is 50.5 Å². The van der Waals surface area contributed by atoms with Crippen LogP contribution in [-0.4, -0.2) is 121 Å².